The molecule has 2 heterocycles. The number of anilines is 1. The highest BCUT2D eigenvalue weighted by molar-refractivity contribution is 5.86. The van der Waals surface area contributed by atoms with Crippen LogP contribution >= 0.6 is 0 Å². The Bertz CT molecular complexity index is 452. The molecular weight excluding hydrogens is 204 g/mol. The summed E-state index contributed by atoms with van der Waals surface area (Å²) >= 11 is 0. The van der Waals surface area contributed by atoms with E-state index in [0.29, 0.717) is 11.4 Å². The van der Waals surface area contributed by atoms with Crippen LogP contribution in [0.25, 0.3) is 0 Å². The van der Waals surface area contributed by atoms with Gasteiger partial charge in [-0.15, -0.1) is 0 Å². The van der Waals surface area contributed by atoms with Crippen LogP contribution in [-0.2, 0) is 4.79 Å². The van der Waals surface area contributed by atoms with Crippen molar-refractivity contribution < 1.29 is 4.79 Å². The van der Waals surface area contributed by atoms with E-state index in [4.69, 9.17) is 5.26 Å². The normalized spacial score (nSPS) is 19.6. The molecule has 5 heteroatoms. The molecule has 1 N–H and O–H groups in total. The highest BCUT2D eigenvalue weighted by atomic mass is 16.2. The van der Waals surface area contributed by atoms with Gasteiger partial charge in [0.25, 0.3) is 0 Å². The van der Waals surface area contributed by atoms with Gasteiger partial charge in [0.05, 0.1) is 5.56 Å². The number of amides is 1. The summed E-state index contributed by atoms with van der Waals surface area (Å²) in [7, 11) is 1.77. The van der Waals surface area contributed by atoms with Crippen LogP contribution in [0.1, 0.15) is 12.0 Å². The van der Waals surface area contributed by atoms with Gasteiger partial charge in [0, 0.05) is 19.8 Å². The number of hydrogen-bond donors (Lipinski definition) is 1. The van der Waals surface area contributed by atoms with E-state index >= 15 is 0 Å². The molecule has 0 bridgehead atoms. The molecule has 1 amide bonds. The summed E-state index contributed by atoms with van der Waals surface area (Å²) in [5, 5.41) is 11.9. The predicted molar refractivity (Wildman–Crippen MR) is 58.6 cm³/mol. The topological polar surface area (TPSA) is 69.0 Å². The molecule has 5 nitrogen and oxygen atoms in total. The van der Waals surface area contributed by atoms with Crippen LogP contribution in [0.3, 0.4) is 0 Å². The van der Waals surface area contributed by atoms with Crippen LogP contribution in [0.5, 0.6) is 0 Å². The smallest absolute Gasteiger partial charge is 0.244 e. The summed E-state index contributed by atoms with van der Waals surface area (Å²) < 4.78 is 0. The number of carbonyl (C=O) groups is 1. The summed E-state index contributed by atoms with van der Waals surface area (Å²) in [6.07, 6.45) is 2.35. The van der Waals surface area contributed by atoms with Crippen LogP contribution in [0.15, 0.2) is 18.3 Å². The Balaban J connectivity index is 2.16. The fourth-order valence-electron chi connectivity index (χ4n) is 1.73. The molecule has 0 saturated carbocycles. The first-order chi connectivity index (χ1) is 7.72. The number of carbonyl (C=O) groups excluding carboxylic acids is 1. The van der Waals surface area contributed by atoms with Gasteiger partial charge in [0.1, 0.15) is 17.9 Å². The van der Waals surface area contributed by atoms with Crippen LogP contribution in [0, 0.1) is 11.3 Å². The van der Waals surface area contributed by atoms with Gasteiger partial charge in [-0.05, 0) is 18.6 Å². The number of nitrogens with one attached hydrogen (secondary N) is 1. The van der Waals surface area contributed by atoms with Gasteiger partial charge in [-0.2, -0.15) is 5.26 Å². The predicted octanol–water partition coefficient (Wildman–Crippen LogP) is 0.596. The fraction of sp³-hybridized carbons (Fsp3) is 0.364. The number of likely N-dealkylation sites (tertiary alicyclic amines) is 1. The third kappa shape index (κ3) is 1.82. The SMILES string of the molecule is CN1CCC(Nc2ncccc2C#N)C1=O. The van der Waals surface area contributed by atoms with E-state index in [2.05, 4.69) is 10.3 Å². The van der Waals surface area contributed by atoms with Crippen molar-refractivity contribution in [3.05, 3.63) is 23.9 Å². The second-order valence-electron chi connectivity index (χ2n) is 3.76. The molecule has 1 atom stereocenters. The van der Waals surface area contributed by atoms with Crippen molar-refractivity contribution in [3.8, 4) is 6.07 Å². The molecular formula is C11H12N4O. The summed E-state index contributed by atoms with van der Waals surface area (Å²) in [5.74, 6) is 0.535. The highest BCUT2D eigenvalue weighted by Gasteiger charge is 2.29. The number of hydrogen-bond acceptors (Lipinski definition) is 4. The van der Waals surface area contributed by atoms with Gasteiger partial charge in [0.2, 0.25) is 5.91 Å². The minimum atomic E-state index is -0.257. The summed E-state index contributed by atoms with van der Waals surface area (Å²) in [5.41, 5.74) is 0.463. The van der Waals surface area contributed by atoms with Crippen molar-refractivity contribution in [2.75, 3.05) is 18.9 Å². The van der Waals surface area contributed by atoms with Crippen LogP contribution < -0.4 is 5.32 Å². The minimum absolute atomic E-state index is 0.0505. The van der Waals surface area contributed by atoms with E-state index in [9.17, 15) is 4.79 Å². The standard InChI is InChI=1S/C11H12N4O/c1-15-6-4-9(11(15)16)14-10-8(7-12)3-2-5-13-10/h2-3,5,9H,4,6H2,1H3,(H,13,14). The molecule has 1 aromatic rings. The second-order valence-corrected chi connectivity index (χ2v) is 3.76. The Hall–Kier alpha value is -2.09. The van der Waals surface area contributed by atoms with E-state index in [0.717, 1.165) is 13.0 Å². The van der Waals surface area contributed by atoms with Crippen molar-refractivity contribution in [1.82, 2.24) is 9.88 Å². The molecule has 1 aromatic heterocycles. The summed E-state index contributed by atoms with van der Waals surface area (Å²) in [6.45, 7) is 0.741. The van der Waals surface area contributed by atoms with Crippen LogP contribution in [-0.4, -0.2) is 35.4 Å². The number of aromatic nitrogens is 1. The quantitative estimate of drug-likeness (QED) is 0.785. The average Bonchev–Trinajstić information content (AvgIpc) is 2.62. The van der Waals surface area contributed by atoms with Gasteiger partial charge in [-0.3, -0.25) is 4.79 Å². The zero-order valence-corrected chi connectivity index (χ0v) is 8.97. The molecule has 1 aliphatic rings. The molecule has 2 rings (SSSR count). The number of nitrogens with zero attached hydrogens (tertiary/aromatic N) is 3. The van der Waals surface area contributed by atoms with E-state index < -0.39 is 0 Å². The van der Waals surface area contributed by atoms with Crippen molar-refractivity contribution >= 4 is 11.7 Å². The summed E-state index contributed by atoms with van der Waals surface area (Å²) in [4.78, 5) is 17.4. The number of likely N-dealkylation sites (N-methyl/N-ethyl adjacent to an activating group) is 1. The van der Waals surface area contributed by atoms with E-state index in [-0.39, 0.29) is 11.9 Å². The molecule has 16 heavy (non-hydrogen) atoms. The lowest BCUT2D eigenvalue weighted by Crippen LogP contribution is -2.31. The third-order valence-electron chi connectivity index (χ3n) is 2.67. The Morgan fingerprint density at radius 2 is 2.50 bits per heavy atom. The van der Waals surface area contributed by atoms with Crippen LogP contribution in [0.2, 0.25) is 0 Å². The zero-order valence-electron chi connectivity index (χ0n) is 8.97. The van der Waals surface area contributed by atoms with Crippen molar-refractivity contribution in [2.24, 2.45) is 0 Å². The van der Waals surface area contributed by atoms with Gasteiger partial charge in [0.15, 0.2) is 0 Å². The first-order valence-electron chi connectivity index (χ1n) is 5.09. The number of pyridine rings is 1. The average molecular weight is 216 g/mol. The van der Waals surface area contributed by atoms with Gasteiger partial charge >= 0.3 is 0 Å². The van der Waals surface area contributed by atoms with Gasteiger partial charge < -0.3 is 10.2 Å². The minimum Gasteiger partial charge on any atom is -0.357 e. The van der Waals surface area contributed by atoms with E-state index in [1.165, 1.54) is 0 Å². The van der Waals surface area contributed by atoms with Crippen LogP contribution in [0.4, 0.5) is 5.82 Å². The Morgan fingerprint density at radius 1 is 1.69 bits per heavy atom. The molecule has 82 valence electrons. The molecule has 1 fully saturated rings. The first kappa shape index (κ1) is 10.4. The van der Waals surface area contributed by atoms with Crippen molar-refractivity contribution in [3.63, 3.8) is 0 Å². The lowest BCUT2D eigenvalue weighted by Gasteiger charge is -2.13. The maximum Gasteiger partial charge on any atom is 0.244 e. The molecule has 1 unspecified atom stereocenters. The lowest BCUT2D eigenvalue weighted by atomic mass is 10.2. The van der Waals surface area contributed by atoms with Crippen molar-refractivity contribution in [1.29, 1.82) is 5.26 Å². The highest BCUT2D eigenvalue weighted by Crippen LogP contribution is 2.16. The zero-order chi connectivity index (χ0) is 11.5. The maximum atomic E-state index is 11.7. The maximum absolute atomic E-state index is 11.7. The second kappa shape index (κ2) is 4.19. The molecule has 0 spiro atoms. The third-order valence-corrected chi connectivity index (χ3v) is 2.67. The largest absolute Gasteiger partial charge is 0.357 e. The Morgan fingerprint density at radius 3 is 3.12 bits per heavy atom. The monoisotopic (exact) mass is 216 g/mol. The number of rotatable bonds is 2. The fourth-order valence-corrected chi connectivity index (χ4v) is 1.73. The van der Waals surface area contributed by atoms with Gasteiger partial charge in [-0.1, -0.05) is 0 Å². The Kier molecular flexibility index (Phi) is 2.73. The van der Waals surface area contributed by atoms with E-state index in [1.807, 2.05) is 6.07 Å². The van der Waals surface area contributed by atoms with Gasteiger partial charge in [-0.25, -0.2) is 4.98 Å². The number of nitriles is 1. The van der Waals surface area contributed by atoms with E-state index in [1.54, 1.807) is 30.3 Å². The first-order valence-corrected chi connectivity index (χ1v) is 5.09. The molecule has 1 aliphatic heterocycles. The molecule has 0 radical (unpaired) electrons. The van der Waals surface area contributed by atoms with Crippen molar-refractivity contribution in [2.45, 2.75) is 12.5 Å². The molecule has 0 aromatic carbocycles. The molecule has 0 aliphatic carbocycles. The summed E-state index contributed by atoms with van der Waals surface area (Å²) in [6, 6.07) is 5.17. The Labute approximate surface area is 93.7 Å². The molecule has 1 saturated heterocycles. The lowest BCUT2D eigenvalue weighted by molar-refractivity contribution is -0.127.